The van der Waals surface area contributed by atoms with Crippen molar-refractivity contribution in [1.82, 2.24) is 0 Å². The third-order valence-corrected chi connectivity index (χ3v) is 6.88. The van der Waals surface area contributed by atoms with Crippen LogP contribution in [0.3, 0.4) is 0 Å². The Labute approximate surface area is 171 Å². The molecule has 0 aliphatic heterocycles. The summed E-state index contributed by atoms with van der Waals surface area (Å²) in [5.41, 5.74) is 3.65. The maximum Gasteiger partial charge on any atom is 0.296 e. The Hall–Kier alpha value is -2.22. The molecule has 0 spiro atoms. The summed E-state index contributed by atoms with van der Waals surface area (Å²) in [7, 11) is -4.40. The van der Waals surface area contributed by atoms with Crippen LogP contribution in [0.15, 0.2) is 89.8 Å². The predicted molar refractivity (Wildman–Crippen MR) is 117 cm³/mol. The van der Waals surface area contributed by atoms with Gasteiger partial charge >= 0.3 is 0 Å². The molecular formula is C22H15IO3S. The summed E-state index contributed by atoms with van der Waals surface area (Å²) in [5, 5.41) is 1.30. The van der Waals surface area contributed by atoms with E-state index in [1.165, 1.54) is 0 Å². The van der Waals surface area contributed by atoms with Gasteiger partial charge in [0.15, 0.2) is 0 Å². The minimum Gasteiger partial charge on any atom is -0.282 e. The normalized spacial score (nSPS) is 11.6. The molecule has 0 fully saturated rings. The average Bonchev–Trinajstić information content (AvgIpc) is 2.67. The molecular weight excluding hydrogens is 471 g/mol. The van der Waals surface area contributed by atoms with Crippen LogP contribution in [0.4, 0.5) is 0 Å². The van der Waals surface area contributed by atoms with Crippen LogP contribution >= 0.6 is 22.6 Å². The highest BCUT2D eigenvalue weighted by Crippen LogP contribution is 2.44. The summed E-state index contributed by atoms with van der Waals surface area (Å²) in [4.78, 5) is -0.0442. The van der Waals surface area contributed by atoms with Crippen LogP contribution in [0.1, 0.15) is 0 Å². The summed E-state index contributed by atoms with van der Waals surface area (Å²) >= 11 is 2.03. The molecule has 0 aliphatic carbocycles. The standard InChI is InChI=1S/C22H15IO3S/c23-21-20(16-11-5-2-6-12-16)19(15-9-3-1-4-10-15)17-13-7-8-14-18(17)22(21)27(24,25)26/h1-14H,(H,24,25,26). The van der Waals surface area contributed by atoms with Crippen molar-refractivity contribution >= 4 is 43.5 Å². The Morgan fingerprint density at radius 2 is 1.07 bits per heavy atom. The van der Waals surface area contributed by atoms with Gasteiger partial charge in [-0.2, -0.15) is 8.42 Å². The van der Waals surface area contributed by atoms with E-state index in [9.17, 15) is 13.0 Å². The number of rotatable bonds is 3. The van der Waals surface area contributed by atoms with Crippen molar-refractivity contribution in [2.24, 2.45) is 0 Å². The van der Waals surface area contributed by atoms with Crippen molar-refractivity contribution in [1.29, 1.82) is 0 Å². The lowest BCUT2D eigenvalue weighted by Gasteiger charge is -2.19. The predicted octanol–water partition coefficient (Wildman–Crippen LogP) is 6.03. The smallest absolute Gasteiger partial charge is 0.282 e. The second-order valence-corrected chi connectivity index (χ2v) is 8.58. The van der Waals surface area contributed by atoms with Gasteiger partial charge in [-0.3, -0.25) is 4.55 Å². The van der Waals surface area contributed by atoms with E-state index in [1.807, 2.05) is 95.4 Å². The highest BCUT2D eigenvalue weighted by Gasteiger charge is 2.26. The Balaban J connectivity index is 2.28. The topological polar surface area (TPSA) is 54.4 Å². The molecule has 0 bridgehead atoms. The lowest BCUT2D eigenvalue weighted by molar-refractivity contribution is 0.483. The summed E-state index contributed by atoms with van der Waals surface area (Å²) < 4.78 is 35.0. The zero-order valence-electron chi connectivity index (χ0n) is 14.1. The lowest BCUT2D eigenvalue weighted by Crippen LogP contribution is -2.05. The second kappa shape index (κ2) is 7.07. The van der Waals surface area contributed by atoms with Crippen molar-refractivity contribution < 1.29 is 13.0 Å². The second-order valence-electron chi connectivity index (χ2n) is 6.15. The van der Waals surface area contributed by atoms with Crippen molar-refractivity contribution in [2.45, 2.75) is 4.90 Å². The van der Waals surface area contributed by atoms with Crippen LogP contribution in [0, 0.1) is 3.57 Å². The lowest BCUT2D eigenvalue weighted by atomic mass is 9.90. The number of hydrogen-bond acceptors (Lipinski definition) is 2. The Bertz CT molecular complexity index is 1240. The largest absolute Gasteiger partial charge is 0.296 e. The molecule has 0 atom stereocenters. The summed E-state index contributed by atoms with van der Waals surface area (Å²) in [6.45, 7) is 0. The number of hydrogen-bond donors (Lipinski definition) is 1. The van der Waals surface area contributed by atoms with Crippen molar-refractivity contribution in [2.75, 3.05) is 0 Å². The van der Waals surface area contributed by atoms with E-state index in [0.717, 1.165) is 27.6 Å². The van der Waals surface area contributed by atoms with E-state index in [-0.39, 0.29) is 4.90 Å². The number of fused-ring (bicyclic) bond motifs is 1. The van der Waals surface area contributed by atoms with Gasteiger partial charge in [-0.15, -0.1) is 0 Å². The van der Waals surface area contributed by atoms with Crippen LogP contribution in [-0.2, 0) is 10.1 Å². The first-order chi connectivity index (χ1) is 13.0. The summed E-state index contributed by atoms with van der Waals surface area (Å²) in [5.74, 6) is 0. The van der Waals surface area contributed by atoms with Crippen molar-refractivity contribution in [3.8, 4) is 22.3 Å². The molecule has 0 aliphatic rings. The molecule has 3 nitrogen and oxygen atoms in total. The first-order valence-electron chi connectivity index (χ1n) is 8.31. The summed E-state index contributed by atoms with van der Waals surface area (Å²) in [6.07, 6.45) is 0. The number of halogens is 1. The first-order valence-corrected chi connectivity index (χ1v) is 10.8. The molecule has 0 saturated heterocycles. The third-order valence-electron chi connectivity index (χ3n) is 4.49. The minimum atomic E-state index is -4.40. The molecule has 1 N–H and O–H groups in total. The zero-order chi connectivity index (χ0) is 19.0. The van der Waals surface area contributed by atoms with Gasteiger partial charge in [0.25, 0.3) is 10.1 Å². The molecule has 0 aromatic heterocycles. The fourth-order valence-corrected chi connectivity index (χ4v) is 5.90. The van der Waals surface area contributed by atoms with Crippen molar-refractivity contribution in [3.05, 3.63) is 88.5 Å². The molecule has 4 rings (SSSR count). The monoisotopic (exact) mass is 486 g/mol. The van der Waals surface area contributed by atoms with Gasteiger partial charge in [0.2, 0.25) is 0 Å². The Kier molecular flexibility index (Phi) is 4.75. The van der Waals surface area contributed by atoms with Crippen molar-refractivity contribution in [3.63, 3.8) is 0 Å². The van der Waals surface area contributed by atoms with Gasteiger partial charge in [0, 0.05) is 14.5 Å². The SMILES string of the molecule is O=S(=O)(O)c1c(I)c(-c2ccccc2)c(-c2ccccc2)c2ccccc12. The molecule has 5 heteroatoms. The molecule has 0 heterocycles. The van der Waals surface area contributed by atoms with E-state index < -0.39 is 10.1 Å². The quantitative estimate of drug-likeness (QED) is 0.285. The van der Waals surface area contributed by atoms with Crippen LogP contribution in [-0.4, -0.2) is 13.0 Å². The van der Waals surface area contributed by atoms with Crippen LogP contribution in [0.25, 0.3) is 33.0 Å². The highest BCUT2D eigenvalue weighted by molar-refractivity contribution is 14.1. The van der Waals surface area contributed by atoms with Gasteiger partial charge in [-0.05, 0) is 44.7 Å². The molecule has 0 saturated carbocycles. The van der Waals surface area contributed by atoms with E-state index in [1.54, 1.807) is 12.1 Å². The van der Waals surface area contributed by atoms with Gasteiger partial charge in [0.1, 0.15) is 4.90 Å². The molecule has 4 aromatic rings. The van der Waals surface area contributed by atoms with Crippen LogP contribution in [0.5, 0.6) is 0 Å². The molecule has 0 radical (unpaired) electrons. The van der Waals surface area contributed by atoms with Gasteiger partial charge < -0.3 is 0 Å². The fourth-order valence-electron chi connectivity index (χ4n) is 3.41. The molecule has 0 unspecified atom stereocenters. The van der Waals surface area contributed by atoms with Crippen LogP contribution < -0.4 is 0 Å². The number of benzene rings is 4. The van der Waals surface area contributed by atoms with Crippen LogP contribution in [0.2, 0.25) is 0 Å². The zero-order valence-corrected chi connectivity index (χ0v) is 17.1. The maximum absolute atomic E-state index is 12.2. The molecule has 134 valence electrons. The van der Waals surface area contributed by atoms with Gasteiger partial charge in [0.05, 0.1) is 0 Å². The average molecular weight is 486 g/mol. The first kappa shape index (κ1) is 18.2. The van der Waals surface area contributed by atoms with Gasteiger partial charge in [-0.1, -0.05) is 84.9 Å². The molecule has 27 heavy (non-hydrogen) atoms. The maximum atomic E-state index is 12.2. The Morgan fingerprint density at radius 1 is 0.630 bits per heavy atom. The van der Waals surface area contributed by atoms with E-state index in [2.05, 4.69) is 0 Å². The van der Waals surface area contributed by atoms with Gasteiger partial charge in [-0.25, -0.2) is 0 Å². The van der Waals surface area contributed by atoms with E-state index >= 15 is 0 Å². The summed E-state index contributed by atoms with van der Waals surface area (Å²) in [6, 6.07) is 26.9. The highest BCUT2D eigenvalue weighted by atomic mass is 127. The Morgan fingerprint density at radius 3 is 1.59 bits per heavy atom. The molecule has 4 aromatic carbocycles. The molecule has 0 amide bonds. The minimum absolute atomic E-state index is 0.0442. The van der Waals surface area contributed by atoms with E-state index in [0.29, 0.717) is 8.96 Å². The van der Waals surface area contributed by atoms with E-state index in [4.69, 9.17) is 0 Å². The third kappa shape index (κ3) is 3.26. The fraction of sp³-hybridized carbons (Fsp3) is 0.